The van der Waals surface area contributed by atoms with Crippen LogP contribution in [-0.4, -0.2) is 34.6 Å². The van der Waals surface area contributed by atoms with Crippen molar-refractivity contribution in [3.8, 4) is 0 Å². The van der Waals surface area contributed by atoms with Gasteiger partial charge in [-0.2, -0.15) is 0 Å². The molecule has 0 saturated heterocycles. The summed E-state index contributed by atoms with van der Waals surface area (Å²) in [6, 6.07) is 16.6. The molecule has 0 bridgehead atoms. The van der Waals surface area contributed by atoms with E-state index in [9.17, 15) is 16.8 Å². The number of hydrogen-bond donors (Lipinski definition) is 0. The third kappa shape index (κ3) is 5.28. The molecule has 0 aliphatic heterocycles. The number of allylic oxidation sites excluding steroid dienone is 2. The molecule has 6 atom stereocenters. The van der Waals surface area contributed by atoms with E-state index in [0.717, 1.165) is 24.8 Å². The van der Waals surface area contributed by atoms with Crippen molar-refractivity contribution >= 4 is 19.7 Å². The average molecular weight is 743 g/mol. The third-order valence-electron chi connectivity index (χ3n) is 16.6. The molecule has 0 aromatic heterocycles. The van der Waals surface area contributed by atoms with E-state index in [1.807, 2.05) is 6.08 Å². The van der Waals surface area contributed by atoms with Crippen LogP contribution in [0.4, 0.5) is 0 Å². The topological polar surface area (TPSA) is 77.5 Å². The lowest BCUT2D eigenvalue weighted by atomic mass is 9.70. The number of rotatable bonds is 6. The molecular weight excluding hydrogens is 685 g/mol. The second-order valence-electron chi connectivity index (χ2n) is 19.7. The highest BCUT2D eigenvalue weighted by Gasteiger charge is 2.70. The van der Waals surface area contributed by atoms with Crippen molar-refractivity contribution in [2.24, 2.45) is 32.5 Å². The van der Waals surface area contributed by atoms with E-state index in [0.29, 0.717) is 28.3 Å². The second kappa shape index (κ2) is 11.9. The van der Waals surface area contributed by atoms with E-state index >= 15 is 0 Å². The smallest absolute Gasteiger partial charge is 0.199 e. The summed E-state index contributed by atoms with van der Waals surface area (Å²) in [5, 5.41) is 0. The fraction of sp³-hybridized carbons (Fsp3) is 0.644. The second-order valence-corrected chi connectivity index (χ2v) is 24.5. The lowest BCUT2D eigenvalue weighted by molar-refractivity contribution is 0.167. The Labute approximate surface area is 312 Å². The van der Waals surface area contributed by atoms with Crippen LogP contribution in [0.15, 0.2) is 94.3 Å². The molecule has 7 saturated carbocycles. The van der Waals surface area contributed by atoms with Crippen LogP contribution >= 0.6 is 0 Å². The fourth-order valence-electron chi connectivity index (χ4n) is 14.6. The Hall–Kier alpha value is -2.22. The van der Waals surface area contributed by atoms with E-state index in [4.69, 9.17) is 4.74 Å². The normalized spacial score (nSPS) is 40.4. The summed E-state index contributed by atoms with van der Waals surface area (Å²) in [4.78, 5) is 0.170. The Bertz CT molecular complexity index is 1940. The van der Waals surface area contributed by atoms with Crippen molar-refractivity contribution in [3.05, 3.63) is 84.5 Å². The number of benzene rings is 2. The minimum absolute atomic E-state index is 0.00787. The molecule has 9 rings (SSSR count). The Morgan fingerprint density at radius 3 is 1.48 bits per heavy atom. The van der Waals surface area contributed by atoms with Gasteiger partial charge >= 0.3 is 0 Å². The number of methoxy groups -OCH3 is 1. The molecule has 6 spiro atoms. The first-order valence-corrected chi connectivity index (χ1v) is 23.2. The maximum Gasteiger partial charge on any atom is 0.199 e. The molecule has 0 N–H and O–H groups in total. The number of hydrogen-bond acceptors (Lipinski definition) is 5. The van der Waals surface area contributed by atoms with Crippen LogP contribution in [0, 0.1) is 32.5 Å². The zero-order chi connectivity index (χ0) is 36.1. The molecule has 2 aromatic rings. The van der Waals surface area contributed by atoms with Crippen LogP contribution in [0.25, 0.3) is 0 Å². The highest BCUT2D eigenvalue weighted by Crippen LogP contribution is 2.76. The largest absolute Gasteiger partial charge is 0.381 e. The van der Waals surface area contributed by atoms with Gasteiger partial charge in [-0.15, -0.1) is 0 Å². The summed E-state index contributed by atoms with van der Waals surface area (Å²) in [6.07, 6.45) is 25.1. The van der Waals surface area contributed by atoms with Crippen LogP contribution in [0.1, 0.15) is 128 Å². The van der Waals surface area contributed by atoms with Gasteiger partial charge in [-0.3, -0.25) is 0 Å². The average Bonchev–Trinajstić information content (AvgIpc) is 4.01. The van der Waals surface area contributed by atoms with Gasteiger partial charge in [-0.05, 0) is 179 Å². The summed E-state index contributed by atoms with van der Waals surface area (Å²) < 4.78 is 63.4. The fourth-order valence-corrected chi connectivity index (χ4v) is 19.8. The van der Waals surface area contributed by atoms with E-state index in [1.54, 1.807) is 67.8 Å². The van der Waals surface area contributed by atoms with Crippen LogP contribution in [-0.2, 0) is 24.4 Å². The van der Waals surface area contributed by atoms with Gasteiger partial charge in [-0.25, -0.2) is 16.8 Å². The van der Waals surface area contributed by atoms with Gasteiger partial charge in [0.15, 0.2) is 23.8 Å². The van der Waals surface area contributed by atoms with Gasteiger partial charge < -0.3 is 4.74 Å². The molecule has 280 valence electrons. The summed E-state index contributed by atoms with van der Waals surface area (Å²) >= 11 is 0. The van der Waals surface area contributed by atoms with Crippen molar-refractivity contribution < 1.29 is 21.6 Å². The van der Waals surface area contributed by atoms with Gasteiger partial charge in [-0.1, -0.05) is 60.2 Å². The van der Waals surface area contributed by atoms with Gasteiger partial charge in [0.1, 0.15) is 0 Å². The van der Waals surface area contributed by atoms with E-state index in [1.165, 1.54) is 102 Å². The van der Waals surface area contributed by atoms with Crippen molar-refractivity contribution in [1.82, 2.24) is 0 Å². The van der Waals surface area contributed by atoms with E-state index in [-0.39, 0.29) is 28.0 Å². The zero-order valence-electron chi connectivity index (χ0n) is 31.3. The van der Waals surface area contributed by atoms with E-state index < -0.39 is 29.2 Å². The first kappa shape index (κ1) is 35.5. The highest BCUT2D eigenvalue weighted by atomic mass is 32.3. The summed E-state index contributed by atoms with van der Waals surface area (Å²) in [5.74, 6) is 0. The SMILES string of the molecule is C=C1CCC2(CCC3(CCC4(CCC5(CCC6(CCC7(C6)CC(S(=O)(=O)c6ccccc6)(S(=O)(=O)c6ccccc6)C/C7=C\COC)C5)C4)C3)C2)C1. The van der Waals surface area contributed by atoms with Gasteiger partial charge in [0.2, 0.25) is 0 Å². The summed E-state index contributed by atoms with van der Waals surface area (Å²) in [5.41, 5.74) is 4.13. The molecule has 2 aromatic carbocycles. The Morgan fingerprint density at radius 1 is 0.577 bits per heavy atom. The Morgan fingerprint density at radius 2 is 1.02 bits per heavy atom. The standard InChI is InChI=1S/C45H58O5S2/c1-35-13-15-39(27-35)16-17-40(29-39)18-19-41(30-40)20-21-42(31-41)22-23-43(32-42)24-25-44(33-43)34-45(28-36(44)14-26-50-2,51(46,47)37-9-5-3-6-10-37)52(48,49)38-11-7-4-8-12-38/h3-12,14H,1,13,15-34H2,2H3/b36-14+. The minimum atomic E-state index is -4.30. The number of sulfone groups is 2. The van der Waals surface area contributed by atoms with Crippen molar-refractivity contribution in [2.45, 2.75) is 142 Å². The highest BCUT2D eigenvalue weighted by molar-refractivity contribution is 8.10. The molecule has 52 heavy (non-hydrogen) atoms. The van der Waals surface area contributed by atoms with E-state index in [2.05, 4.69) is 6.58 Å². The monoisotopic (exact) mass is 742 g/mol. The zero-order valence-corrected chi connectivity index (χ0v) is 32.9. The first-order valence-electron chi connectivity index (χ1n) is 20.2. The molecular formula is C45H58O5S2. The van der Waals surface area contributed by atoms with Crippen LogP contribution in [0.2, 0.25) is 0 Å². The van der Waals surface area contributed by atoms with Crippen LogP contribution in [0.5, 0.6) is 0 Å². The van der Waals surface area contributed by atoms with Gasteiger partial charge in [0, 0.05) is 13.5 Å². The predicted octanol–water partition coefficient (Wildman–Crippen LogP) is 10.6. The Kier molecular flexibility index (Phi) is 8.11. The van der Waals surface area contributed by atoms with Crippen LogP contribution < -0.4 is 0 Å². The molecule has 7 aliphatic carbocycles. The first-order chi connectivity index (χ1) is 24.8. The van der Waals surface area contributed by atoms with Crippen LogP contribution in [0.3, 0.4) is 0 Å². The number of ether oxygens (including phenoxy) is 1. The molecule has 7 fully saturated rings. The minimum Gasteiger partial charge on any atom is -0.381 e. The predicted molar refractivity (Wildman–Crippen MR) is 206 cm³/mol. The maximum absolute atomic E-state index is 15.0. The summed E-state index contributed by atoms with van der Waals surface area (Å²) in [6.45, 7) is 4.73. The molecule has 7 aliphatic rings. The Balaban J connectivity index is 1.01. The molecule has 0 amide bonds. The molecule has 5 nitrogen and oxygen atoms in total. The lowest BCUT2D eigenvalue weighted by Gasteiger charge is -2.35. The summed E-state index contributed by atoms with van der Waals surface area (Å²) in [7, 11) is -6.94. The molecule has 0 heterocycles. The van der Waals surface area contributed by atoms with Crippen molar-refractivity contribution in [3.63, 3.8) is 0 Å². The van der Waals surface area contributed by atoms with Gasteiger partial charge in [0.25, 0.3) is 0 Å². The molecule has 6 unspecified atom stereocenters. The maximum atomic E-state index is 15.0. The molecule has 7 heteroatoms. The van der Waals surface area contributed by atoms with Gasteiger partial charge in [0.05, 0.1) is 16.4 Å². The van der Waals surface area contributed by atoms with Crippen molar-refractivity contribution in [1.29, 1.82) is 0 Å². The van der Waals surface area contributed by atoms with Crippen molar-refractivity contribution in [2.75, 3.05) is 13.7 Å². The quantitative estimate of drug-likeness (QED) is 0.275. The lowest BCUT2D eigenvalue weighted by Crippen LogP contribution is -2.45. The third-order valence-corrected chi connectivity index (χ3v) is 22.2. The molecule has 0 radical (unpaired) electrons.